The highest BCUT2D eigenvalue weighted by molar-refractivity contribution is 5.06. The second-order valence-electron chi connectivity index (χ2n) is 5.49. The van der Waals surface area contributed by atoms with Gasteiger partial charge in [-0.25, -0.2) is 4.98 Å². The molecular formula is C15H27N3O. The van der Waals surface area contributed by atoms with Crippen LogP contribution in [-0.2, 0) is 4.74 Å². The number of hydrogen-bond acceptors (Lipinski definition) is 3. The van der Waals surface area contributed by atoms with E-state index >= 15 is 0 Å². The minimum atomic E-state index is 0.161. The molecule has 2 heterocycles. The minimum absolute atomic E-state index is 0.161. The maximum absolute atomic E-state index is 5.83. The summed E-state index contributed by atoms with van der Waals surface area (Å²) < 4.78 is 8.13. The predicted molar refractivity (Wildman–Crippen MR) is 77.3 cm³/mol. The maximum atomic E-state index is 5.83. The van der Waals surface area contributed by atoms with Crippen LogP contribution in [0.25, 0.3) is 0 Å². The van der Waals surface area contributed by atoms with Gasteiger partial charge in [0.1, 0.15) is 6.10 Å². The summed E-state index contributed by atoms with van der Waals surface area (Å²) in [4.78, 5) is 4.32. The Bertz CT molecular complexity index is 358. The van der Waals surface area contributed by atoms with Crippen molar-refractivity contribution < 1.29 is 4.74 Å². The summed E-state index contributed by atoms with van der Waals surface area (Å²) >= 11 is 0. The van der Waals surface area contributed by atoms with Crippen molar-refractivity contribution in [1.82, 2.24) is 14.9 Å². The molecule has 0 amide bonds. The molecule has 0 bridgehead atoms. The number of hydrogen-bond donors (Lipinski definition) is 1. The molecule has 2 rings (SSSR count). The molecule has 1 aliphatic heterocycles. The van der Waals surface area contributed by atoms with E-state index in [2.05, 4.69) is 28.7 Å². The van der Waals surface area contributed by atoms with Gasteiger partial charge in [0.25, 0.3) is 0 Å². The lowest BCUT2D eigenvalue weighted by Crippen LogP contribution is -2.34. The smallest absolute Gasteiger partial charge is 0.111 e. The predicted octanol–water partition coefficient (Wildman–Crippen LogP) is 3.08. The van der Waals surface area contributed by atoms with Crippen LogP contribution < -0.4 is 5.32 Å². The molecule has 2 unspecified atom stereocenters. The number of nitrogens with one attached hydrogen (secondary N) is 1. The molecule has 0 aromatic carbocycles. The van der Waals surface area contributed by atoms with Crippen molar-refractivity contribution in [3.63, 3.8) is 0 Å². The van der Waals surface area contributed by atoms with Gasteiger partial charge in [-0.2, -0.15) is 0 Å². The van der Waals surface area contributed by atoms with Gasteiger partial charge in [0.15, 0.2) is 0 Å². The molecule has 0 aliphatic carbocycles. The summed E-state index contributed by atoms with van der Waals surface area (Å²) in [5, 5.41) is 3.38. The zero-order valence-electron chi connectivity index (χ0n) is 12.3. The standard InChI is InChI=1S/C15H27N3O/c1-3-4-5-6-7-13(2)18-12-17-10-14(18)15-11-16-8-9-19-15/h10,12-13,15-16H,3-9,11H2,1-2H3. The van der Waals surface area contributed by atoms with Gasteiger partial charge in [-0.3, -0.25) is 0 Å². The Hall–Kier alpha value is -0.870. The van der Waals surface area contributed by atoms with Crippen LogP contribution in [0.2, 0.25) is 0 Å². The van der Waals surface area contributed by atoms with E-state index in [0.717, 1.165) is 19.7 Å². The van der Waals surface area contributed by atoms with Crippen molar-refractivity contribution in [3.05, 3.63) is 18.2 Å². The third kappa shape index (κ3) is 4.05. The highest BCUT2D eigenvalue weighted by Gasteiger charge is 2.21. The van der Waals surface area contributed by atoms with Gasteiger partial charge in [-0.15, -0.1) is 0 Å². The first-order valence-corrected chi connectivity index (χ1v) is 7.67. The lowest BCUT2D eigenvalue weighted by atomic mass is 10.1. The van der Waals surface area contributed by atoms with Crippen molar-refractivity contribution in [2.45, 2.75) is 58.1 Å². The fraction of sp³-hybridized carbons (Fsp3) is 0.800. The topological polar surface area (TPSA) is 39.1 Å². The summed E-state index contributed by atoms with van der Waals surface area (Å²) in [6.07, 6.45) is 10.6. The number of rotatable bonds is 7. The van der Waals surface area contributed by atoms with E-state index in [-0.39, 0.29) is 6.10 Å². The van der Waals surface area contributed by atoms with Crippen LogP contribution in [0.1, 0.15) is 63.8 Å². The second kappa shape index (κ2) is 7.65. The van der Waals surface area contributed by atoms with Crippen molar-refractivity contribution in [2.75, 3.05) is 19.7 Å². The van der Waals surface area contributed by atoms with E-state index in [1.165, 1.54) is 37.8 Å². The van der Waals surface area contributed by atoms with E-state index in [4.69, 9.17) is 4.74 Å². The molecular weight excluding hydrogens is 238 g/mol. The first kappa shape index (κ1) is 14.5. The van der Waals surface area contributed by atoms with Gasteiger partial charge in [-0.1, -0.05) is 32.6 Å². The summed E-state index contributed by atoms with van der Waals surface area (Å²) in [5.41, 5.74) is 1.22. The Morgan fingerprint density at radius 3 is 3.11 bits per heavy atom. The zero-order chi connectivity index (χ0) is 13.5. The molecule has 19 heavy (non-hydrogen) atoms. The minimum Gasteiger partial charge on any atom is -0.369 e. The van der Waals surface area contributed by atoms with E-state index in [0.29, 0.717) is 6.04 Å². The normalized spacial score (nSPS) is 21.5. The first-order valence-electron chi connectivity index (χ1n) is 7.67. The summed E-state index contributed by atoms with van der Waals surface area (Å²) in [7, 11) is 0. The molecule has 1 aromatic heterocycles. The monoisotopic (exact) mass is 265 g/mol. The lowest BCUT2D eigenvalue weighted by Gasteiger charge is -2.26. The molecule has 1 aromatic rings. The third-order valence-corrected chi connectivity index (χ3v) is 3.90. The molecule has 0 radical (unpaired) electrons. The van der Waals surface area contributed by atoms with Crippen LogP contribution in [-0.4, -0.2) is 29.2 Å². The number of ether oxygens (including phenoxy) is 1. The van der Waals surface area contributed by atoms with E-state index in [9.17, 15) is 0 Å². The van der Waals surface area contributed by atoms with E-state index in [1.54, 1.807) is 0 Å². The average molecular weight is 265 g/mol. The fourth-order valence-electron chi connectivity index (χ4n) is 2.69. The number of nitrogens with zero attached hydrogens (tertiary/aromatic N) is 2. The molecule has 1 fully saturated rings. The molecule has 1 N–H and O–H groups in total. The molecule has 0 spiro atoms. The Kier molecular flexibility index (Phi) is 5.86. The lowest BCUT2D eigenvalue weighted by molar-refractivity contribution is 0.0220. The summed E-state index contributed by atoms with van der Waals surface area (Å²) in [6.45, 7) is 7.18. The van der Waals surface area contributed by atoms with Crippen molar-refractivity contribution in [3.8, 4) is 0 Å². The number of morpholine rings is 1. The molecule has 1 aliphatic rings. The molecule has 108 valence electrons. The summed E-state index contributed by atoms with van der Waals surface area (Å²) in [6, 6.07) is 0.514. The van der Waals surface area contributed by atoms with Gasteiger partial charge in [0.05, 0.1) is 24.8 Å². The molecule has 4 heteroatoms. The number of imidazole rings is 1. The van der Waals surface area contributed by atoms with Gasteiger partial charge < -0.3 is 14.6 Å². The Morgan fingerprint density at radius 2 is 2.37 bits per heavy atom. The Morgan fingerprint density at radius 1 is 1.47 bits per heavy atom. The number of unbranched alkanes of at least 4 members (excludes halogenated alkanes) is 3. The SMILES string of the molecule is CCCCCCC(C)n1cncc1C1CNCCO1. The van der Waals surface area contributed by atoms with Gasteiger partial charge >= 0.3 is 0 Å². The summed E-state index contributed by atoms with van der Waals surface area (Å²) in [5.74, 6) is 0. The van der Waals surface area contributed by atoms with Crippen molar-refractivity contribution >= 4 is 0 Å². The quantitative estimate of drug-likeness (QED) is 0.770. The highest BCUT2D eigenvalue weighted by atomic mass is 16.5. The fourth-order valence-corrected chi connectivity index (χ4v) is 2.69. The molecule has 0 saturated carbocycles. The molecule has 4 nitrogen and oxygen atoms in total. The zero-order valence-corrected chi connectivity index (χ0v) is 12.3. The van der Waals surface area contributed by atoms with Crippen LogP contribution >= 0.6 is 0 Å². The molecule has 1 saturated heterocycles. The second-order valence-corrected chi connectivity index (χ2v) is 5.49. The van der Waals surface area contributed by atoms with E-state index < -0.39 is 0 Å². The van der Waals surface area contributed by atoms with Gasteiger partial charge in [-0.05, 0) is 13.3 Å². The first-order chi connectivity index (χ1) is 9.33. The average Bonchev–Trinajstić information content (AvgIpc) is 2.94. The van der Waals surface area contributed by atoms with Crippen LogP contribution in [0, 0.1) is 0 Å². The number of aromatic nitrogens is 2. The van der Waals surface area contributed by atoms with Crippen LogP contribution in [0.3, 0.4) is 0 Å². The highest BCUT2D eigenvalue weighted by Crippen LogP contribution is 2.24. The third-order valence-electron chi connectivity index (χ3n) is 3.90. The van der Waals surface area contributed by atoms with Crippen LogP contribution in [0.4, 0.5) is 0 Å². The largest absolute Gasteiger partial charge is 0.369 e. The Balaban J connectivity index is 1.90. The van der Waals surface area contributed by atoms with Crippen LogP contribution in [0.5, 0.6) is 0 Å². The van der Waals surface area contributed by atoms with Crippen LogP contribution in [0.15, 0.2) is 12.5 Å². The van der Waals surface area contributed by atoms with E-state index in [1.807, 2.05) is 12.5 Å². The molecule has 2 atom stereocenters. The van der Waals surface area contributed by atoms with Gasteiger partial charge in [0, 0.05) is 19.1 Å². The Labute approximate surface area is 116 Å². The van der Waals surface area contributed by atoms with Crippen molar-refractivity contribution in [1.29, 1.82) is 0 Å². The van der Waals surface area contributed by atoms with Crippen molar-refractivity contribution in [2.24, 2.45) is 0 Å². The van der Waals surface area contributed by atoms with Gasteiger partial charge in [0.2, 0.25) is 0 Å². The maximum Gasteiger partial charge on any atom is 0.111 e.